The zero-order chi connectivity index (χ0) is 21.7. The summed E-state index contributed by atoms with van der Waals surface area (Å²) in [7, 11) is -3.73. The van der Waals surface area contributed by atoms with Crippen LogP contribution in [-0.4, -0.2) is 20.4 Å². The van der Waals surface area contributed by atoms with Crippen molar-refractivity contribution in [1.29, 1.82) is 0 Å². The molecule has 0 spiro atoms. The van der Waals surface area contributed by atoms with Crippen LogP contribution >= 0.6 is 0 Å². The van der Waals surface area contributed by atoms with Gasteiger partial charge in [0.15, 0.2) is 6.10 Å². The van der Waals surface area contributed by atoms with E-state index in [0.29, 0.717) is 17.1 Å². The van der Waals surface area contributed by atoms with Gasteiger partial charge in [-0.2, -0.15) is 0 Å². The highest BCUT2D eigenvalue weighted by atomic mass is 32.2. The number of hydrogen-bond acceptors (Lipinski definition) is 4. The first-order chi connectivity index (χ1) is 14.2. The number of sulfonamides is 1. The number of nitrogens with one attached hydrogen (secondary N) is 2. The van der Waals surface area contributed by atoms with E-state index in [1.165, 1.54) is 12.1 Å². The lowest BCUT2D eigenvalue weighted by atomic mass is 10.2. The van der Waals surface area contributed by atoms with Crippen molar-refractivity contribution in [2.45, 2.75) is 31.8 Å². The van der Waals surface area contributed by atoms with Crippen LogP contribution < -0.4 is 14.8 Å². The minimum Gasteiger partial charge on any atom is -0.481 e. The monoisotopic (exact) mass is 424 g/mol. The molecule has 1 amide bonds. The Morgan fingerprint density at radius 2 is 1.67 bits per heavy atom. The lowest BCUT2D eigenvalue weighted by Gasteiger charge is -2.16. The normalized spacial score (nSPS) is 12.1. The number of rotatable bonds is 7. The van der Waals surface area contributed by atoms with Crippen LogP contribution in [0.1, 0.15) is 18.1 Å². The maximum absolute atomic E-state index is 12.6. The van der Waals surface area contributed by atoms with Crippen LogP contribution in [0.5, 0.6) is 5.75 Å². The van der Waals surface area contributed by atoms with E-state index in [1.54, 1.807) is 56.3 Å². The molecule has 7 heteroatoms. The summed E-state index contributed by atoms with van der Waals surface area (Å²) in [5.74, 6) is 0.273. The van der Waals surface area contributed by atoms with Crippen molar-refractivity contribution in [1.82, 2.24) is 0 Å². The van der Waals surface area contributed by atoms with Gasteiger partial charge in [0.25, 0.3) is 15.9 Å². The Balaban J connectivity index is 1.72. The molecule has 0 radical (unpaired) electrons. The molecule has 0 heterocycles. The summed E-state index contributed by atoms with van der Waals surface area (Å²) >= 11 is 0. The van der Waals surface area contributed by atoms with E-state index in [-0.39, 0.29) is 10.8 Å². The highest BCUT2D eigenvalue weighted by molar-refractivity contribution is 7.92. The van der Waals surface area contributed by atoms with Gasteiger partial charge in [0.1, 0.15) is 5.75 Å². The Labute approximate surface area is 177 Å². The number of hydrogen-bond donors (Lipinski definition) is 2. The maximum atomic E-state index is 12.6. The average molecular weight is 425 g/mol. The fourth-order valence-corrected chi connectivity index (χ4v) is 3.95. The molecule has 0 aromatic heterocycles. The molecule has 1 atom stereocenters. The third-order valence-corrected chi connectivity index (χ3v) is 5.86. The molecule has 30 heavy (non-hydrogen) atoms. The number of amides is 1. The highest BCUT2D eigenvalue weighted by Crippen LogP contribution is 2.24. The van der Waals surface area contributed by atoms with Crippen molar-refractivity contribution >= 4 is 27.3 Å². The van der Waals surface area contributed by atoms with E-state index in [9.17, 15) is 13.2 Å². The van der Waals surface area contributed by atoms with Crippen LogP contribution in [0.25, 0.3) is 0 Å². The minimum absolute atomic E-state index is 0.166. The summed E-state index contributed by atoms with van der Waals surface area (Å²) in [6.45, 7) is 5.39. The van der Waals surface area contributed by atoms with Gasteiger partial charge in [-0.3, -0.25) is 9.52 Å². The van der Waals surface area contributed by atoms with Gasteiger partial charge in [0.2, 0.25) is 0 Å². The van der Waals surface area contributed by atoms with Crippen molar-refractivity contribution in [2.75, 3.05) is 10.0 Å². The summed E-state index contributed by atoms with van der Waals surface area (Å²) in [4.78, 5) is 12.7. The molecule has 2 N–H and O–H groups in total. The van der Waals surface area contributed by atoms with Gasteiger partial charge in [-0.25, -0.2) is 8.42 Å². The van der Waals surface area contributed by atoms with Gasteiger partial charge in [0, 0.05) is 5.69 Å². The standard InChI is InChI=1S/C23H24N2O4S/c1-16-8-7-9-20(14-16)29-18(3)23(26)24-19-13-12-17(2)22(15-19)25-30(27,28)21-10-5-4-6-11-21/h4-15,18,25H,1-3H3,(H,24,26)/t18-/m0/s1. The van der Waals surface area contributed by atoms with Crippen LogP contribution in [-0.2, 0) is 14.8 Å². The van der Waals surface area contributed by atoms with E-state index in [4.69, 9.17) is 4.74 Å². The number of carbonyl (C=O) groups excluding carboxylic acids is 1. The Hall–Kier alpha value is -3.32. The van der Waals surface area contributed by atoms with E-state index < -0.39 is 16.1 Å². The number of benzene rings is 3. The third kappa shape index (κ3) is 5.39. The quantitative estimate of drug-likeness (QED) is 0.584. The molecule has 0 saturated heterocycles. The second kappa shape index (κ2) is 9.00. The van der Waals surface area contributed by atoms with E-state index in [1.807, 2.05) is 25.1 Å². The van der Waals surface area contributed by atoms with Crippen LogP contribution in [0.15, 0.2) is 77.7 Å². The summed E-state index contributed by atoms with van der Waals surface area (Å²) < 4.78 is 33.5. The summed E-state index contributed by atoms with van der Waals surface area (Å²) in [6, 6.07) is 20.6. The molecule has 0 aliphatic carbocycles. The fourth-order valence-electron chi connectivity index (χ4n) is 2.80. The second-order valence-corrected chi connectivity index (χ2v) is 8.70. The Morgan fingerprint density at radius 3 is 2.37 bits per heavy atom. The molecule has 0 saturated carbocycles. The second-order valence-electron chi connectivity index (χ2n) is 7.01. The predicted molar refractivity (Wildman–Crippen MR) is 118 cm³/mol. The van der Waals surface area contributed by atoms with Gasteiger partial charge < -0.3 is 10.1 Å². The Morgan fingerprint density at radius 1 is 0.933 bits per heavy atom. The predicted octanol–water partition coefficient (Wildman–Crippen LogP) is 4.51. The maximum Gasteiger partial charge on any atom is 0.265 e. The topological polar surface area (TPSA) is 84.5 Å². The Bertz CT molecular complexity index is 1140. The SMILES string of the molecule is Cc1cccc(O[C@@H](C)C(=O)Nc2ccc(C)c(NS(=O)(=O)c3ccccc3)c2)c1. The third-order valence-electron chi connectivity index (χ3n) is 4.47. The molecule has 3 aromatic carbocycles. The summed E-state index contributed by atoms with van der Waals surface area (Å²) in [6.07, 6.45) is -0.724. The molecule has 6 nitrogen and oxygen atoms in total. The molecular weight excluding hydrogens is 400 g/mol. The molecule has 0 aliphatic rings. The van der Waals surface area contributed by atoms with Gasteiger partial charge in [-0.05, 0) is 68.3 Å². The molecule has 0 unspecified atom stereocenters. The zero-order valence-corrected chi connectivity index (χ0v) is 17.9. The number of carbonyl (C=O) groups is 1. The van der Waals surface area contributed by atoms with Crippen molar-refractivity contribution in [3.05, 3.63) is 83.9 Å². The van der Waals surface area contributed by atoms with E-state index in [2.05, 4.69) is 10.0 Å². The molecule has 3 rings (SSSR count). The number of ether oxygens (including phenoxy) is 1. The molecular formula is C23H24N2O4S. The minimum atomic E-state index is -3.73. The van der Waals surface area contributed by atoms with Gasteiger partial charge in [-0.15, -0.1) is 0 Å². The van der Waals surface area contributed by atoms with Gasteiger partial charge in [-0.1, -0.05) is 36.4 Å². The van der Waals surface area contributed by atoms with Crippen LogP contribution in [0, 0.1) is 13.8 Å². The molecule has 156 valence electrons. The molecule has 0 fully saturated rings. The lowest BCUT2D eigenvalue weighted by Crippen LogP contribution is -2.30. The molecule has 0 aliphatic heterocycles. The lowest BCUT2D eigenvalue weighted by molar-refractivity contribution is -0.122. The van der Waals surface area contributed by atoms with Gasteiger partial charge in [0.05, 0.1) is 10.6 Å². The summed E-state index contributed by atoms with van der Waals surface area (Å²) in [5, 5.41) is 2.77. The highest BCUT2D eigenvalue weighted by Gasteiger charge is 2.18. The van der Waals surface area contributed by atoms with E-state index in [0.717, 1.165) is 11.1 Å². The first-order valence-electron chi connectivity index (χ1n) is 9.47. The zero-order valence-electron chi connectivity index (χ0n) is 17.0. The van der Waals surface area contributed by atoms with Crippen LogP contribution in [0.3, 0.4) is 0 Å². The van der Waals surface area contributed by atoms with Gasteiger partial charge >= 0.3 is 0 Å². The van der Waals surface area contributed by atoms with Crippen molar-refractivity contribution in [3.63, 3.8) is 0 Å². The smallest absolute Gasteiger partial charge is 0.265 e. The largest absolute Gasteiger partial charge is 0.481 e. The first-order valence-corrected chi connectivity index (χ1v) is 11.0. The average Bonchev–Trinajstić information content (AvgIpc) is 2.71. The van der Waals surface area contributed by atoms with Crippen molar-refractivity contribution < 1.29 is 17.9 Å². The van der Waals surface area contributed by atoms with Crippen LogP contribution in [0.4, 0.5) is 11.4 Å². The Kier molecular flexibility index (Phi) is 6.42. The van der Waals surface area contributed by atoms with Crippen LogP contribution in [0.2, 0.25) is 0 Å². The fraction of sp³-hybridized carbons (Fsp3) is 0.174. The van der Waals surface area contributed by atoms with E-state index >= 15 is 0 Å². The molecule has 0 bridgehead atoms. The molecule has 3 aromatic rings. The number of anilines is 2. The number of aryl methyl sites for hydroxylation is 2. The summed E-state index contributed by atoms with van der Waals surface area (Å²) in [5.41, 5.74) is 2.63. The van der Waals surface area contributed by atoms with Crippen molar-refractivity contribution in [2.24, 2.45) is 0 Å². The van der Waals surface area contributed by atoms with Crippen molar-refractivity contribution in [3.8, 4) is 5.75 Å². The first kappa shape index (κ1) is 21.4.